The molecule has 1 unspecified atom stereocenters. The number of piperidine rings is 1. The van der Waals surface area contributed by atoms with Gasteiger partial charge in [0.25, 0.3) is 0 Å². The molecule has 0 spiro atoms. The van der Waals surface area contributed by atoms with Crippen LogP contribution in [0.3, 0.4) is 0 Å². The van der Waals surface area contributed by atoms with E-state index in [-0.39, 0.29) is 0 Å². The van der Waals surface area contributed by atoms with Gasteiger partial charge in [-0.1, -0.05) is 23.2 Å². The number of rotatable bonds is 2. The highest BCUT2D eigenvalue weighted by atomic mass is 35.5. The largest absolute Gasteiger partial charge is 0.379 e. The summed E-state index contributed by atoms with van der Waals surface area (Å²) in [6.07, 6.45) is 4.07. The first-order valence-corrected chi connectivity index (χ1v) is 7.87. The van der Waals surface area contributed by atoms with E-state index in [1.807, 2.05) is 0 Å². The van der Waals surface area contributed by atoms with Gasteiger partial charge >= 0.3 is 0 Å². The molecule has 6 heteroatoms. The van der Waals surface area contributed by atoms with E-state index < -0.39 is 0 Å². The summed E-state index contributed by atoms with van der Waals surface area (Å²) in [5.74, 6) is 0.856. The Kier molecular flexibility index (Phi) is 4.66. The van der Waals surface area contributed by atoms with Crippen molar-refractivity contribution in [2.45, 2.75) is 18.9 Å². The van der Waals surface area contributed by atoms with Crippen molar-refractivity contribution < 1.29 is 4.74 Å². The molecule has 0 amide bonds. The van der Waals surface area contributed by atoms with Gasteiger partial charge in [-0.15, -0.1) is 0 Å². The highest BCUT2D eigenvalue weighted by molar-refractivity contribution is 6.36. The zero-order chi connectivity index (χ0) is 13.9. The molecule has 20 heavy (non-hydrogen) atoms. The molecule has 0 N–H and O–H groups in total. The van der Waals surface area contributed by atoms with E-state index in [1.54, 1.807) is 12.3 Å². The topological polar surface area (TPSA) is 28.6 Å². The maximum Gasteiger partial charge on any atom is 0.147 e. The van der Waals surface area contributed by atoms with Crippen molar-refractivity contribution in [1.82, 2.24) is 9.88 Å². The summed E-state index contributed by atoms with van der Waals surface area (Å²) in [5, 5.41) is 1.22. The fourth-order valence-electron chi connectivity index (χ4n) is 3.03. The van der Waals surface area contributed by atoms with Crippen molar-refractivity contribution in [1.29, 1.82) is 0 Å². The van der Waals surface area contributed by atoms with Gasteiger partial charge in [0.2, 0.25) is 0 Å². The highest BCUT2D eigenvalue weighted by Gasteiger charge is 2.27. The molecule has 2 aliphatic rings. The quantitative estimate of drug-likeness (QED) is 0.839. The van der Waals surface area contributed by atoms with Crippen molar-refractivity contribution in [3.8, 4) is 0 Å². The average molecular weight is 316 g/mol. The first-order valence-electron chi connectivity index (χ1n) is 7.12. The van der Waals surface area contributed by atoms with Crippen LogP contribution in [0.25, 0.3) is 0 Å². The van der Waals surface area contributed by atoms with Crippen LogP contribution in [0.1, 0.15) is 12.8 Å². The number of ether oxygens (including phenoxy) is 1. The van der Waals surface area contributed by atoms with Gasteiger partial charge in [-0.05, 0) is 18.9 Å². The van der Waals surface area contributed by atoms with Gasteiger partial charge < -0.3 is 9.64 Å². The molecule has 3 heterocycles. The van der Waals surface area contributed by atoms with Crippen LogP contribution in [-0.4, -0.2) is 55.3 Å². The third-order valence-corrected chi connectivity index (χ3v) is 4.53. The second kappa shape index (κ2) is 6.48. The molecule has 2 aliphatic heterocycles. The van der Waals surface area contributed by atoms with Crippen LogP contribution in [0.15, 0.2) is 12.3 Å². The number of morpholine rings is 1. The minimum atomic E-state index is 0.571. The summed E-state index contributed by atoms with van der Waals surface area (Å²) >= 11 is 12.2. The van der Waals surface area contributed by atoms with Gasteiger partial charge in [0.05, 0.1) is 23.3 Å². The van der Waals surface area contributed by atoms with Crippen molar-refractivity contribution in [3.05, 3.63) is 22.3 Å². The van der Waals surface area contributed by atoms with Gasteiger partial charge in [0.1, 0.15) is 5.82 Å². The fourth-order valence-corrected chi connectivity index (χ4v) is 3.53. The summed E-state index contributed by atoms with van der Waals surface area (Å²) in [6.45, 7) is 5.73. The van der Waals surface area contributed by atoms with E-state index in [0.717, 1.165) is 45.2 Å². The van der Waals surface area contributed by atoms with Crippen molar-refractivity contribution in [2.24, 2.45) is 0 Å². The summed E-state index contributed by atoms with van der Waals surface area (Å²) in [4.78, 5) is 9.21. The molecule has 2 saturated heterocycles. The lowest BCUT2D eigenvalue weighted by Gasteiger charge is -2.41. The van der Waals surface area contributed by atoms with E-state index in [1.165, 1.54) is 12.8 Å². The molecule has 0 bridgehead atoms. The van der Waals surface area contributed by atoms with Gasteiger partial charge in [-0.25, -0.2) is 4.98 Å². The van der Waals surface area contributed by atoms with Crippen molar-refractivity contribution >= 4 is 29.0 Å². The molecular weight excluding hydrogens is 297 g/mol. The molecule has 2 fully saturated rings. The maximum atomic E-state index is 6.27. The normalized spacial score (nSPS) is 24.9. The molecule has 1 aromatic rings. The molecule has 0 aliphatic carbocycles. The minimum Gasteiger partial charge on any atom is -0.379 e. The van der Waals surface area contributed by atoms with Crippen LogP contribution < -0.4 is 4.90 Å². The zero-order valence-corrected chi connectivity index (χ0v) is 12.9. The first kappa shape index (κ1) is 14.4. The second-order valence-electron chi connectivity index (χ2n) is 5.35. The maximum absolute atomic E-state index is 6.27. The lowest BCUT2D eigenvalue weighted by Crippen LogP contribution is -2.51. The molecule has 0 radical (unpaired) electrons. The predicted molar refractivity (Wildman–Crippen MR) is 81.9 cm³/mol. The Morgan fingerprint density at radius 1 is 1.20 bits per heavy atom. The van der Waals surface area contributed by atoms with Crippen LogP contribution in [-0.2, 0) is 4.74 Å². The molecule has 3 rings (SSSR count). The smallest absolute Gasteiger partial charge is 0.147 e. The molecular formula is C14H19Cl2N3O. The molecule has 1 atom stereocenters. The number of hydrogen-bond acceptors (Lipinski definition) is 4. The van der Waals surface area contributed by atoms with Crippen LogP contribution in [0.2, 0.25) is 10.0 Å². The molecule has 0 aromatic carbocycles. The van der Waals surface area contributed by atoms with Crippen molar-refractivity contribution in [2.75, 3.05) is 44.3 Å². The Labute approximate surface area is 129 Å². The molecule has 110 valence electrons. The predicted octanol–water partition coefficient (Wildman–Crippen LogP) is 2.69. The summed E-state index contributed by atoms with van der Waals surface area (Å²) in [7, 11) is 0. The third kappa shape index (κ3) is 3.19. The number of hydrogen-bond donors (Lipinski definition) is 0. The van der Waals surface area contributed by atoms with E-state index in [0.29, 0.717) is 16.1 Å². The number of nitrogens with zero attached hydrogens (tertiary/aromatic N) is 3. The Morgan fingerprint density at radius 3 is 2.75 bits per heavy atom. The van der Waals surface area contributed by atoms with E-state index in [9.17, 15) is 0 Å². The number of pyridine rings is 1. The van der Waals surface area contributed by atoms with Crippen LogP contribution in [0, 0.1) is 0 Å². The first-order chi connectivity index (χ1) is 9.74. The summed E-state index contributed by atoms with van der Waals surface area (Å²) < 4.78 is 5.43. The number of aromatic nitrogens is 1. The minimum absolute atomic E-state index is 0.571. The molecule has 4 nitrogen and oxygen atoms in total. The van der Waals surface area contributed by atoms with Crippen molar-refractivity contribution in [3.63, 3.8) is 0 Å². The Balaban J connectivity index is 1.71. The molecule has 1 aromatic heterocycles. The van der Waals surface area contributed by atoms with Crippen LogP contribution in [0.5, 0.6) is 0 Å². The average Bonchev–Trinajstić information content (AvgIpc) is 2.48. The second-order valence-corrected chi connectivity index (χ2v) is 6.19. The third-order valence-electron chi connectivity index (χ3n) is 4.05. The van der Waals surface area contributed by atoms with Gasteiger partial charge in [0.15, 0.2) is 0 Å². The fraction of sp³-hybridized carbons (Fsp3) is 0.643. The monoisotopic (exact) mass is 315 g/mol. The van der Waals surface area contributed by atoms with E-state index in [4.69, 9.17) is 27.9 Å². The zero-order valence-electron chi connectivity index (χ0n) is 11.4. The Morgan fingerprint density at radius 2 is 2.00 bits per heavy atom. The van der Waals surface area contributed by atoms with E-state index >= 15 is 0 Å². The standard InChI is InChI=1S/C14H19Cl2N3O/c15-11-8-13(16)14(17-9-11)19-3-1-2-12(10-19)18-4-6-20-7-5-18/h8-9,12H,1-7,10H2. The van der Waals surface area contributed by atoms with Crippen LogP contribution in [0.4, 0.5) is 5.82 Å². The lowest BCUT2D eigenvalue weighted by molar-refractivity contribution is 0.0137. The number of halogens is 2. The Bertz CT molecular complexity index is 466. The highest BCUT2D eigenvalue weighted by Crippen LogP contribution is 2.29. The summed E-state index contributed by atoms with van der Waals surface area (Å²) in [6, 6.07) is 2.34. The summed E-state index contributed by atoms with van der Waals surface area (Å²) in [5.41, 5.74) is 0. The molecule has 0 saturated carbocycles. The van der Waals surface area contributed by atoms with Crippen LogP contribution >= 0.6 is 23.2 Å². The SMILES string of the molecule is Clc1cnc(N2CCCC(N3CCOCC3)C2)c(Cl)c1. The number of anilines is 1. The Hall–Kier alpha value is -0.550. The lowest BCUT2D eigenvalue weighted by atomic mass is 10.0. The van der Waals surface area contributed by atoms with E-state index in [2.05, 4.69) is 14.8 Å². The van der Waals surface area contributed by atoms with Gasteiger partial charge in [-0.2, -0.15) is 0 Å². The van der Waals surface area contributed by atoms with Gasteiger partial charge in [0, 0.05) is 38.4 Å². The van der Waals surface area contributed by atoms with Gasteiger partial charge in [-0.3, -0.25) is 4.90 Å².